The fourth-order valence-corrected chi connectivity index (χ4v) is 8.67. The van der Waals surface area contributed by atoms with Crippen molar-refractivity contribution in [3.8, 4) is 33.6 Å². The van der Waals surface area contributed by atoms with Gasteiger partial charge in [-0.1, -0.05) is 97.6 Å². The summed E-state index contributed by atoms with van der Waals surface area (Å²) in [5.41, 5.74) is 15.8. The number of hydrogen-bond donors (Lipinski definition) is 0. The van der Waals surface area contributed by atoms with Gasteiger partial charge in [0.1, 0.15) is 0 Å². The number of benzene rings is 7. The van der Waals surface area contributed by atoms with Crippen molar-refractivity contribution < 1.29 is 0 Å². The Balaban J connectivity index is 1.12. The molecule has 10 aromatic rings. The van der Waals surface area contributed by atoms with Crippen LogP contribution in [0.1, 0.15) is 18.2 Å². The summed E-state index contributed by atoms with van der Waals surface area (Å²) in [6.07, 6.45) is 6.03. The van der Waals surface area contributed by atoms with Gasteiger partial charge in [-0.3, -0.25) is 0 Å². The summed E-state index contributed by atoms with van der Waals surface area (Å²) in [7, 11) is 0. The first kappa shape index (κ1) is 31.9. The van der Waals surface area contributed by atoms with Crippen LogP contribution in [0.3, 0.4) is 0 Å². The molecular weight excluding hydrogens is 655 g/mol. The number of rotatable bonds is 7. The van der Waals surface area contributed by atoms with Crippen molar-refractivity contribution in [2.45, 2.75) is 20.4 Å². The van der Waals surface area contributed by atoms with Gasteiger partial charge in [-0.25, -0.2) is 0 Å². The molecule has 0 saturated carbocycles. The lowest BCUT2D eigenvalue weighted by atomic mass is 9.98. The summed E-state index contributed by atoms with van der Waals surface area (Å²) >= 11 is 0. The number of aromatic nitrogens is 3. The van der Waals surface area contributed by atoms with Gasteiger partial charge in [0.2, 0.25) is 0 Å². The van der Waals surface area contributed by atoms with E-state index in [0.29, 0.717) is 0 Å². The van der Waals surface area contributed by atoms with Crippen molar-refractivity contribution in [3.63, 3.8) is 0 Å². The van der Waals surface area contributed by atoms with E-state index in [9.17, 15) is 0 Å². The van der Waals surface area contributed by atoms with Crippen LogP contribution >= 0.6 is 0 Å². The van der Waals surface area contributed by atoms with E-state index in [-0.39, 0.29) is 0 Å². The first-order valence-electron chi connectivity index (χ1n) is 18.8. The van der Waals surface area contributed by atoms with Crippen LogP contribution in [-0.4, -0.2) is 13.7 Å². The van der Waals surface area contributed by atoms with E-state index in [1.54, 1.807) is 0 Å². The molecule has 0 saturated heterocycles. The lowest BCUT2D eigenvalue weighted by Gasteiger charge is -2.09. The number of hydrogen-bond acceptors (Lipinski definition) is 0. The molecular formula is C51H39N3. The molecule has 0 aliphatic carbocycles. The molecule has 3 nitrogen and oxygen atoms in total. The maximum Gasteiger partial charge on any atom is 0.0541 e. The van der Waals surface area contributed by atoms with Gasteiger partial charge >= 0.3 is 0 Å². The predicted molar refractivity (Wildman–Crippen MR) is 231 cm³/mol. The number of nitrogens with zero attached hydrogens (tertiary/aromatic N) is 3. The normalized spacial score (nSPS) is 12.0. The van der Waals surface area contributed by atoms with Gasteiger partial charge in [0.05, 0.1) is 16.6 Å². The Kier molecular flexibility index (Phi) is 7.48. The molecule has 0 fully saturated rings. The van der Waals surface area contributed by atoms with Crippen LogP contribution < -0.4 is 0 Å². The Morgan fingerprint density at radius 1 is 0.463 bits per heavy atom. The van der Waals surface area contributed by atoms with Gasteiger partial charge in [0.25, 0.3) is 0 Å². The summed E-state index contributed by atoms with van der Waals surface area (Å²) in [5.74, 6) is 0. The topological polar surface area (TPSA) is 14.8 Å². The van der Waals surface area contributed by atoms with E-state index in [2.05, 4.69) is 198 Å². The Morgan fingerprint density at radius 2 is 0.907 bits per heavy atom. The minimum Gasteiger partial charge on any atom is -0.341 e. The highest BCUT2D eigenvalue weighted by Crippen LogP contribution is 2.39. The van der Waals surface area contributed by atoms with Crippen molar-refractivity contribution in [1.82, 2.24) is 13.7 Å². The third kappa shape index (κ3) is 4.89. The number of allylic oxidation sites excluding steroid dienone is 2. The quantitative estimate of drug-likeness (QED) is 0.148. The standard InChI is InChI=1S/C51H39N3/c1-4-6-20-46-34(3)42-30-35(24-28-50(42)53(46)39-15-9-7-10-16-39)36-22-26-47-44(32-36)45-33-37(23-27-48(45)52(47)5-2)38-25-29-51-43(31-38)41-19-13-14-21-49(41)54(51)40-17-11-8-12-18-40/h4,6-33H,1,5H2,2-3H3/b20-6-. The van der Waals surface area contributed by atoms with Gasteiger partial charge in [0, 0.05) is 61.6 Å². The van der Waals surface area contributed by atoms with Crippen LogP contribution in [0.4, 0.5) is 0 Å². The smallest absolute Gasteiger partial charge is 0.0541 e. The predicted octanol–water partition coefficient (Wildman–Crippen LogP) is 13.7. The molecule has 3 aromatic heterocycles. The van der Waals surface area contributed by atoms with Gasteiger partial charge in [-0.05, 0) is 127 Å². The maximum atomic E-state index is 3.93. The SMILES string of the molecule is C=C/C=C\c1c(C)c2cc(-c3ccc4c(c3)c3cc(-c5ccc6c(c5)c5ccccc5n6-c5ccccc5)ccc3n4CC)ccc2n1-c1ccccc1. The Hall–Kier alpha value is -6.84. The van der Waals surface area contributed by atoms with E-state index in [0.717, 1.165) is 12.2 Å². The minimum absolute atomic E-state index is 0.906. The van der Waals surface area contributed by atoms with Gasteiger partial charge in [-0.15, -0.1) is 0 Å². The third-order valence-corrected chi connectivity index (χ3v) is 11.2. The van der Waals surface area contributed by atoms with E-state index in [1.807, 2.05) is 12.2 Å². The molecule has 0 bridgehead atoms. The molecule has 0 spiro atoms. The zero-order chi connectivity index (χ0) is 36.3. The number of fused-ring (bicyclic) bond motifs is 7. The summed E-state index contributed by atoms with van der Waals surface area (Å²) in [5, 5.41) is 6.34. The van der Waals surface area contributed by atoms with Crippen molar-refractivity contribution in [1.29, 1.82) is 0 Å². The van der Waals surface area contributed by atoms with Crippen molar-refractivity contribution in [2.75, 3.05) is 0 Å². The van der Waals surface area contributed by atoms with Crippen LogP contribution in [0.25, 0.3) is 94.2 Å². The van der Waals surface area contributed by atoms with E-state index < -0.39 is 0 Å². The molecule has 0 atom stereocenters. The molecule has 0 aliphatic rings. The van der Waals surface area contributed by atoms with Crippen LogP contribution in [-0.2, 0) is 6.54 Å². The maximum absolute atomic E-state index is 3.93. The molecule has 10 rings (SSSR count). The summed E-state index contributed by atoms with van der Waals surface area (Å²) in [6, 6.07) is 57.9. The fraction of sp³-hybridized carbons (Fsp3) is 0.0588. The molecule has 0 amide bonds. The first-order chi connectivity index (χ1) is 26.6. The molecule has 3 heteroatoms. The molecule has 0 N–H and O–H groups in total. The highest BCUT2D eigenvalue weighted by molar-refractivity contribution is 6.13. The average molecular weight is 694 g/mol. The molecule has 0 radical (unpaired) electrons. The zero-order valence-electron chi connectivity index (χ0n) is 30.5. The van der Waals surface area contributed by atoms with Crippen molar-refractivity contribution in [2.24, 2.45) is 0 Å². The monoisotopic (exact) mass is 693 g/mol. The molecule has 258 valence electrons. The van der Waals surface area contributed by atoms with Gasteiger partial charge < -0.3 is 13.7 Å². The minimum atomic E-state index is 0.906. The Labute approximate surface area is 315 Å². The lowest BCUT2D eigenvalue weighted by molar-refractivity contribution is 0.827. The highest BCUT2D eigenvalue weighted by atomic mass is 15.0. The molecule has 7 aromatic carbocycles. The van der Waals surface area contributed by atoms with Crippen molar-refractivity contribution >= 4 is 60.6 Å². The first-order valence-corrected chi connectivity index (χ1v) is 18.8. The highest BCUT2D eigenvalue weighted by Gasteiger charge is 2.18. The zero-order valence-corrected chi connectivity index (χ0v) is 30.5. The van der Waals surface area contributed by atoms with E-state index in [4.69, 9.17) is 0 Å². The number of para-hydroxylation sites is 3. The Bertz CT molecular complexity index is 3100. The third-order valence-electron chi connectivity index (χ3n) is 11.2. The van der Waals surface area contributed by atoms with Crippen LogP contribution in [0.15, 0.2) is 176 Å². The molecule has 54 heavy (non-hydrogen) atoms. The molecule has 3 heterocycles. The summed E-state index contributed by atoms with van der Waals surface area (Å²) in [6.45, 7) is 9.30. The van der Waals surface area contributed by atoms with Crippen LogP contribution in [0, 0.1) is 6.92 Å². The largest absolute Gasteiger partial charge is 0.341 e. The van der Waals surface area contributed by atoms with E-state index in [1.165, 1.54) is 93.7 Å². The van der Waals surface area contributed by atoms with Gasteiger partial charge in [-0.2, -0.15) is 0 Å². The second-order valence-corrected chi connectivity index (χ2v) is 14.1. The number of aryl methyl sites for hydroxylation is 2. The van der Waals surface area contributed by atoms with Gasteiger partial charge in [0.15, 0.2) is 0 Å². The summed E-state index contributed by atoms with van der Waals surface area (Å²) in [4.78, 5) is 0. The van der Waals surface area contributed by atoms with Crippen molar-refractivity contribution in [3.05, 3.63) is 188 Å². The lowest BCUT2D eigenvalue weighted by Crippen LogP contribution is -1.96. The second-order valence-electron chi connectivity index (χ2n) is 14.1. The molecule has 0 unspecified atom stereocenters. The average Bonchev–Trinajstić information content (AvgIpc) is 3.84. The van der Waals surface area contributed by atoms with Crippen LogP contribution in [0.5, 0.6) is 0 Å². The Morgan fingerprint density at radius 3 is 1.46 bits per heavy atom. The molecule has 0 aliphatic heterocycles. The van der Waals surface area contributed by atoms with Crippen LogP contribution in [0.2, 0.25) is 0 Å². The fourth-order valence-electron chi connectivity index (χ4n) is 8.67. The van der Waals surface area contributed by atoms with E-state index >= 15 is 0 Å². The summed E-state index contributed by atoms with van der Waals surface area (Å²) < 4.78 is 7.17. The second kappa shape index (κ2) is 12.7.